The number of fused-ring (bicyclic) bond motifs is 6. The average molecular weight is 432 g/mol. The molecule has 0 fully saturated rings. The summed E-state index contributed by atoms with van der Waals surface area (Å²) in [7, 11) is -1.66. The van der Waals surface area contributed by atoms with Gasteiger partial charge < -0.3 is 4.42 Å². The molecular formula is C29H25NOSi. The van der Waals surface area contributed by atoms with Crippen LogP contribution in [0.4, 0.5) is 0 Å². The van der Waals surface area contributed by atoms with Crippen LogP contribution in [0.3, 0.4) is 0 Å². The maximum atomic E-state index is 6.37. The second-order valence-corrected chi connectivity index (χ2v) is 14.8. The van der Waals surface area contributed by atoms with Gasteiger partial charge in [-0.15, -0.1) is 0 Å². The number of benzene rings is 4. The lowest BCUT2D eigenvalue weighted by atomic mass is 10.0. The molecule has 0 unspecified atom stereocenters. The third-order valence-corrected chi connectivity index (χ3v) is 8.42. The highest BCUT2D eigenvalue weighted by atomic mass is 28.3. The smallest absolute Gasteiger partial charge is 0.144 e. The molecule has 32 heavy (non-hydrogen) atoms. The quantitative estimate of drug-likeness (QED) is 0.206. The van der Waals surface area contributed by atoms with Crippen LogP contribution < -0.4 is 5.19 Å². The Bertz CT molecular complexity index is 1670. The topological polar surface area (TPSA) is 26.0 Å². The van der Waals surface area contributed by atoms with Crippen molar-refractivity contribution in [1.82, 2.24) is 4.98 Å². The SMILES string of the molecule is Cc1cc(-c2cc([Si](C)(C)C)c3c(ccc4ccccc43)n2)c2oc3ccccc3c2c1. The lowest BCUT2D eigenvalue weighted by molar-refractivity contribution is 0.670. The van der Waals surface area contributed by atoms with E-state index >= 15 is 0 Å². The Hall–Kier alpha value is -3.43. The molecule has 0 saturated carbocycles. The number of para-hydroxylation sites is 1. The fourth-order valence-corrected chi connectivity index (χ4v) is 6.48. The van der Waals surface area contributed by atoms with E-state index < -0.39 is 8.07 Å². The van der Waals surface area contributed by atoms with E-state index in [1.54, 1.807) is 0 Å². The van der Waals surface area contributed by atoms with E-state index in [4.69, 9.17) is 9.40 Å². The number of rotatable bonds is 2. The molecule has 0 radical (unpaired) electrons. The first-order valence-electron chi connectivity index (χ1n) is 11.2. The average Bonchev–Trinajstić information content (AvgIpc) is 3.15. The fourth-order valence-electron chi connectivity index (χ4n) is 4.90. The molecule has 0 atom stereocenters. The van der Waals surface area contributed by atoms with Crippen LogP contribution in [-0.4, -0.2) is 13.1 Å². The van der Waals surface area contributed by atoms with Gasteiger partial charge in [-0.2, -0.15) is 0 Å². The summed E-state index contributed by atoms with van der Waals surface area (Å²) in [5.74, 6) is 0. The van der Waals surface area contributed by atoms with Gasteiger partial charge in [-0.3, -0.25) is 0 Å². The summed E-state index contributed by atoms with van der Waals surface area (Å²) in [6.07, 6.45) is 0. The lowest BCUT2D eigenvalue weighted by Gasteiger charge is -2.22. The summed E-state index contributed by atoms with van der Waals surface area (Å²) < 4.78 is 6.37. The number of hydrogen-bond donors (Lipinski definition) is 0. The summed E-state index contributed by atoms with van der Waals surface area (Å²) >= 11 is 0. The highest BCUT2D eigenvalue weighted by Crippen LogP contribution is 2.37. The Kier molecular flexibility index (Phi) is 4.08. The van der Waals surface area contributed by atoms with Crippen LogP contribution in [0.15, 0.2) is 83.3 Å². The van der Waals surface area contributed by atoms with Crippen molar-refractivity contribution >= 4 is 56.9 Å². The van der Waals surface area contributed by atoms with E-state index in [2.05, 4.69) is 93.3 Å². The second kappa shape index (κ2) is 6.78. The van der Waals surface area contributed by atoms with Crippen LogP contribution in [0.5, 0.6) is 0 Å². The van der Waals surface area contributed by atoms with Crippen molar-refractivity contribution in [3.63, 3.8) is 0 Å². The van der Waals surface area contributed by atoms with Crippen LogP contribution in [0.1, 0.15) is 5.56 Å². The van der Waals surface area contributed by atoms with E-state index in [0.29, 0.717) is 0 Å². The van der Waals surface area contributed by atoms with Gasteiger partial charge in [0.25, 0.3) is 0 Å². The van der Waals surface area contributed by atoms with E-state index in [-0.39, 0.29) is 0 Å². The molecule has 156 valence electrons. The van der Waals surface area contributed by atoms with Crippen molar-refractivity contribution in [2.24, 2.45) is 0 Å². The summed E-state index contributed by atoms with van der Waals surface area (Å²) in [5.41, 5.74) is 6.19. The Balaban J connectivity index is 1.74. The highest BCUT2D eigenvalue weighted by Gasteiger charge is 2.24. The number of aryl methyl sites for hydroxylation is 1. The zero-order chi connectivity index (χ0) is 22.0. The molecule has 2 heterocycles. The Labute approximate surface area is 188 Å². The molecule has 4 aromatic carbocycles. The van der Waals surface area contributed by atoms with Crippen molar-refractivity contribution in [3.8, 4) is 11.3 Å². The molecule has 0 spiro atoms. The van der Waals surface area contributed by atoms with Gasteiger partial charge in [-0.25, -0.2) is 4.98 Å². The molecule has 6 rings (SSSR count). The first-order chi connectivity index (χ1) is 15.4. The molecular weight excluding hydrogens is 406 g/mol. The van der Waals surface area contributed by atoms with Crippen molar-refractivity contribution in [2.75, 3.05) is 0 Å². The molecule has 0 amide bonds. The van der Waals surface area contributed by atoms with Crippen molar-refractivity contribution in [3.05, 3.63) is 84.4 Å². The molecule has 0 bridgehead atoms. The maximum Gasteiger partial charge on any atom is 0.144 e. The van der Waals surface area contributed by atoms with Crippen molar-refractivity contribution < 1.29 is 4.42 Å². The minimum atomic E-state index is -1.66. The summed E-state index contributed by atoms with van der Waals surface area (Å²) in [6, 6.07) is 28.1. The second-order valence-electron chi connectivity index (χ2n) is 9.77. The monoisotopic (exact) mass is 431 g/mol. The number of hydrogen-bond acceptors (Lipinski definition) is 2. The summed E-state index contributed by atoms with van der Waals surface area (Å²) in [6.45, 7) is 9.40. The largest absolute Gasteiger partial charge is 0.455 e. The molecule has 0 N–H and O–H groups in total. The van der Waals surface area contributed by atoms with E-state index in [9.17, 15) is 0 Å². The van der Waals surface area contributed by atoms with E-state index in [0.717, 1.165) is 38.7 Å². The van der Waals surface area contributed by atoms with Gasteiger partial charge in [0.15, 0.2) is 0 Å². The molecule has 0 aliphatic heterocycles. The number of pyridine rings is 1. The predicted octanol–water partition coefficient (Wildman–Crippen LogP) is 7.81. The predicted molar refractivity (Wildman–Crippen MR) is 140 cm³/mol. The normalized spacial score (nSPS) is 12.4. The molecule has 2 aromatic heterocycles. The lowest BCUT2D eigenvalue weighted by Crippen LogP contribution is -2.38. The van der Waals surface area contributed by atoms with Gasteiger partial charge in [0.05, 0.1) is 19.3 Å². The molecule has 0 saturated heterocycles. The first kappa shape index (κ1) is 19.3. The summed E-state index contributed by atoms with van der Waals surface area (Å²) in [5, 5.41) is 7.62. The Morgan fingerprint density at radius 1 is 0.750 bits per heavy atom. The minimum Gasteiger partial charge on any atom is -0.455 e. The maximum absolute atomic E-state index is 6.37. The molecule has 0 aliphatic carbocycles. The molecule has 3 heteroatoms. The number of nitrogens with zero attached hydrogens (tertiary/aromatic N) is 1. The number of aromatic nitrogens is 1. The van der Waals surface area contributed by atoms with E-state index in [1.165, 1.54) is 26.9 Å². The van der Waals surface area contributed by atoms with Gasteiger partial charge in [0, 0.05) is 21.7 Å². The van der Waals surface area contributed by atoms with E-state index in [1.807, 2.05) is 12.1 Å². The first-order valence-corrected chi connectivity index (χ1v) is 14.7. The van der Waals surface area contributed by atoms with Crippen LogP contribution >= 0.6 is 0 Å². The standard InChI is InChI=1S/C29H25NOSi/c1-18-15-22-21-11-7-8-12-26(21)31-29(22)23(16-18)25-17-27(32(2,3)4)28-20-10-6-5-9-19(20)13-14-24(28)30-25/h5-17H,1-4H3. The third kappa shape index (κ3) is 2.89. The fraction of sp³-hybridized carbons (Fsp3) is 0.138. The van der Waals surface area contributed by atoms with Gasteiger partial charge in [0.1, 0.15) is 11.2 Å². The van der Waals surface area contributed by atoms with Gasteiger partial charge in [0.2, 0.25) is 0 Å². The third-order valence-electron chi connectivity index (χ3n) is 6.40. The molecule has 6 aromatic rings. The zero-order valence-electron chi connectivity index (χ0n) is 18.9. The van der Waals surface area contributed by atoms with Crippen LogP contribution in [-0.2, 0) is 0 Å². The molecule has 0 aliphatic rings. The summed E-state index contributed by atoms with van der Waals surface area (Å²) in [4.78, 5) is 5.19. The van der Waals surface area contributed by atoms with Gasteiger partial charge in [-0.1, -0.05) is 68.2 Å². The number of furan rings is 1. The zero-order valence-corrected chi connectivity index (χ0v) is 19.9. The Morgan fingerprint density at radius 3 is 2.31 bits per heavy atom. The van der Waals surface area contributed by atoms with Gasteiger partial charge >= 0.3 is 0 Å². The minimum absolute atomic E-state index is 0.922. The van der Waals surface area contributed by atoms with Crippen molar-refractivity contribution in [2.45, 2.75) is 26.6 Å². The highest BCUT2D eigenvalue weighted by molar-refractivity contribution is 6.90. The van der Waals surface area contributed by atoms with Crippen molar-refractivity contribution in [1.29, 1.82) is 0 Å². The van der Waals surface area contributed by atoms with Gasteiger partial charge in [-0.05, 0) is 58.8 Å². The van der Waals surface area contributed by atoms with Crippen LogP contribution in [0.2, 0.25) is 19.6 Å². The van der Waals surface area contributed by atoms with Crippen LogP contribution in [0.25, 0.3) is 54.9 Å². The molecule has 2 nitrogen and oxygen atoms in total. The Morgan fingerprint density at radius 2 is 1.50 bits per heavy atom. The van der Waals surface area contributed by atoms with Crippen LogP contribution in [0, 0.1) is 6.92 Å².